The van der Waals surface area contributed by atoms with Gasteiger partial charge in [-0.05, 0) is 102 Å². The fourth-order valence-electron chi connectivity index (χ4n) is 7.24. The van der Waals surface area contributed by atoms with Gasteiger partial charge in [0.2, 0.25) is 0 Å². The molecule has 1 aliphatic carbocycles. The van der Waals surface area contributed by atoms with E-state index in [0.29, 0.717) is 12.5 Å². The third-order valence-electron chi connectivity index (χ3n) is 10.2. The van der Waals surface area contributed by atoms with E-state index in [4.69, 9.17) is 23.8 Å². The van der Waals surface area contributed by atoms with Crippen molar-refractivity contribution in [3.05, 3.63) is 54.0 Å². The number of H-pyrrole nitrogens is 1. The van der Waals surface area contributed by atoms with E-state index in [1.165, 1.54) is 6.42 Å². The molecule has 4 aliphatic rings. The number of hydrogen-bond acceptors (Lipinski definition) is 6. The Bertz CT molecular complexity index is 1590. The number of imidazole rings is 1. The molecule has 0 bridgehead atoms. The molecule has 3 aliphatic heterocycles. The molecule has 0 unspecified atom stereocenters. The van der Waals surface area contributed by atoms with Gasteiger partial charge in [-0.2, -0.15) is 40.5 Å². The zero-order valence-corrected chi connectivity index (χ0v) is 31.5. The highest BCUT2D eigenvalue weighted by Crippen LogP contribution is 2.47. The van der Waals surface area contributed by atoms with Gasteiger partial charge in [-0.1, -0.05) is 37.1 Å². The molecule has 1 aromatic heterocycles. The Morgan fingerprint density at radius 3 is 2.36 bits per heavy atom. The number of fused-ring (bicyclic) bond motifs is 4. The van der Waals surface area contributed by atoms with Crippen LogP contribution in [0.15, 0.2) is 42.6 Å². The molecule has 1 N–H and O–H groups in total. The first-order valence-corrected chi connectivity index (χ1v) is 16.1. The Labute approximate surface area is 300 Å². The highest BCUT2D eigenvalue weighted by atomic mass is 32.1. The lowest BCUT2D eigenvalue weighted by atomic mass is 9.77. The average Bonchev–Trinajstić information content (AvgIpc) is 3.65. The van der Waals surface area contributed by atoms with Gasteiger partial charge in [0.05, 0.1) is 29.1 Å². The maximum atomic E-state index is 13.4. The van der Waals surface area contributed by atoms with Gasteiger partial charge >= 0.3 is 13.2 Å². The quantitative estimate of drug-likeness (QED) is 0.285. The number of aromatic nitrogens is 2. The monoisotopic (exact) mass is 699 g/mol. The van der Waals surface area contributed by atoms with Crippen LogP contribution in [0.3, 0.4) is 0 Å². The first-order valence-electron chi connectivity index (χ1n) is 16.1. The highest BCUT2D eigenvalue weighted by Gasteiger charge is 2.52. The molecule has 8 nitrogen and oxygen atoms in total. The van der Waals surface area contributed by atoms with Gasteiger partial charge in [0, 0.05) is 17.2 Å². The van der Waals surface area contributed by atoms with Crippen molar-refractivity contribution < 1.29 is 23.6 Å². The summed E-state index contributed by atoms with van der Waals surface area (Å²) in [4.78, 5) is 23.8. The van der Waals surface area contributed by atoms with E-state index >= 15 is 0 Å². The Hall–Kier alpha value is -2.25. The van der Waals surface area contributed by atoms with Gasteiger partial charge < -0.3 is 23.8 Å². The lowest BCUT2D eigenvalue weighted by Crippen LogP contribution is -2.43. The molecular formula is C35H50BN3O5S3. The summed E-state index contributed by atoms with van der Waals surface area (Å²) in [6.07, 6.45) is 7.09. The molecule has 2 saturated heterocycles. The van der Waals surface area contributed by atoms with Crippen molar-refractivity contribution in [2.45, 2.75) is 116 Å². The highest BCUT2D eigenvalue weighted by molar-refractivity contribution is 7.59. The van der Waals surface area contributed by atoms with E-state index < -0.39 is 12.7 Å². The normalized spacial score (nSPS) is 23.6. The lowest BCUT2D eigenvalue weighted by molar-refractivity contribution is 0.00578. The third kappa shape index (κ3) is 6.95. The molecule has 3 atom stereocenters. The van der Waals surface area contributed by atoms with Crippen LogP contribution in [0.4, 0.5) is 4.79 Å². The minimum atomic E-state index is -0.544. The Morgan fingerprint density at radius 2 is 1.66 bits per heavy atom. The van der Waals surface area contributed by atoms with Gasteiger partial charge in [-0.3, -0.25) is 4.90 Å². The predicted octanol–water partition coefficient (Wildman–Crippen LogP) is 7.51. The van der Waals surface area contributed by atoms with E-state index in [-0.39, 0.29) is 69.9 Å². The van der Waals surface area contributed by atoms with Crippen molar-refractivity contribution in [2.75, 3.05) is 0 Å². The molecule has 4 heterocycles. The van der Waals surface area contributed by atoms with Crippen LogP contribution in [0.1, 0.15) is 98.0 Å². The number of nitrogens with one attached hydrogen (secondary N) is 1. The van der Waals surface area contributed by atoms with Crippen molar-refractivity contribution in [3.63, 3.8) is 0 Å². The molecular weight excluding hydrogens is 649 g/mol. The largest absolute Gasteiger partial charge is 0.494 e. The summed E-state index contributed by atoms with van der Waals surface area (Å²) in [5, 5.41) is 0. The number of carbonyl (C=O) groups excluding carboxylic acids is 1. The maximum Gasteiger partial charge on any atom is 0.494 e. The van der Waals surface area contributed by atoms with Crippen LogP contribution in [0, 0.1) is 5.92 Å². The van der Waals surface area contributed by atoms with Gasteiger partial charge in [0.15, 0.2) is 0 Å². The second kappa shape index (κ2) is 13.6. The van der Waals surface area contributed by atoms with Gasteiger partial charge in [-0.15, -0.1) is 0 Å². The number of amides is 1. The molecule has 2 aromatic carbocycles. The molecule has 0 radical (unpaired) electrons. The van der Waals surface area contributed by atoms with E-state index in [0.717, 1.165) is 70.7 Å². The molecule has 1 saturated carbocycles. The molecule has 0 spiro atoms. The van der Waals surface area contributed by atoms with Crippen LogP contribution < -0.4 is 10.2 Å². The van der Waals surface area contributed by atoms with Crippen molar-refractivity contribution in [1.82, 2.24) is 14.9 Å². The predicted molar refractivity (Wildman–Crippen MR) is 202 cm³/mol. The van der Waals surface area contributed by atoms with Crippen LogP contribution in [-0.2, 0) is 20.7 Å². The first kappa shape index (κ1) is 37.6. The van der Waals surface area contributed by atoms with E-state index in [9.17, 15) is 4.79 Å². The molecule has 256 valence electrons. The SMILES string of the molecule is CC(C)(C)OC(=O)N1[C@H](c2ncc(-c3ccc4c(c3)OCc3cc(B5OC(C)(C)C(C)(C)O5)ccc3-4)[nH]2)C[C@@H]2CCCC[C@@H]21.S.S.S. The Morgan fingerprint density at radius 1 is 0.979 bits per heavy atom. The minimum absolute atomic E-state index is 0. The third-order valence-corrected chi connectivity index (χ3v) is 10.2. The molecule has 7 rings (SSSR count). The van der Waals surface area contributed by atoms with Crippen LogP contribution in [0.25, 0.3) is 22.4 Å². The van der Waals surface area contributed by atoms with Crippen molar-refractivity contribution in [1.29, 1.82) is 0 Å². The van der Waals surface area contributed by atoms with Gasteiger partial charge in [0.25, 0.3) is 0 Å². The number of ether oxygens (including phenoxy) is 2. The standard InChI is InChI=1S/C35H44BN3O5.3H2S/c1-33(2,3)42-32(40)39-28-11-9-8-10-22(28)17-29(39)31-37-19-27(38-31)21-12-14-26-25-15-13-24(16-23(25)20-41-30(26)18-21)36-43-34(4,5)35(6,7)44-36;;;/h12-16,18-19,22,28-29H,8-11,17,20H2,1-7H3,(H,37,38);3*1H2/t22-,28-,29-;;;/m0.../s1. The summed E-state index contributed by atoms with van der Waals surface area (Å²) in [5.74, 6) is 2.15. The Kier molecular flexibility index (Phi) is 10.9. The van der Waals surface area contributed by atoms with Crippen molar-refractivity contribution in [2.24, 2.45) is 5.92 Å². The van der Waals surface area contributed by atoms with Crippen molar-refractivity contribution >= 4 is 59.2 Å². The maximum absolute atomic E-state index is 13.4. The lowest BCUT2D eigenvalue weighted by Gasteiger charge is -2.34. The van der Waals surface area contributed by atoms with Gasteiger partial charge in [-0.25, -0.2) is 9.78 Å². The van der Waals surface area contributed by atoms with E-state index in [1.54, 1.807) is 0 Å². The fraction of sp³-hybridized carbons (Fsp3) is 0.543. The summed E-state index contributed by atoms with van der Waals surface area (Å²) in [6, 6.07) is 12.8. The summed E-state index contributed by atoms with van der Waals surface area (Å²) in [6.45, 7) is 14.5. The van der Waals surface area contributed by atoms with Crippen LogP contribution in [0.2, 0.25) is 0 Å². The molecule has 47 heavy (non-hydrogen) atoms. The van der Waals surface area contributed by atoms with E-state index in [2.05, 4.69) is 69.1 Å². The molecule has 3 aromatic rings. The number of aromatic amines is 1. The fourth-order valence-corrected chi connectivity index (χ4v) is 7.24. The number of hydrogen-bond donors (Lipinski definition) is 1. The summed E-state index contributed by atoms with van der Waals surface area (Å²) >= 11 is 0. The smallest absolute Gasteiger partial charge is 0.488 e. The van der Waals surface area contributed by atoms with Crippen LogP contribution in [-0.4, -0.2) is 50.9 Å². The molecule has 3 fully saturated rings. The van der Waals surface area contributed by atoms with Crippen molar-refractivity contribution in [3.8, 4) is 28.1 Å². The second-order valence-corrected chi connectivity index (χ2v) is 14.9. The number of rotatable bonds is 3. The number of likely N-dealkylation sites (tertiary alicyclic amines) is 1. The second-order valence-electron chi connectivity index (χ2n) is 14.9. The zero-order chi connectivity index (χ0) is 31.0. The first-order chi connectivity index (χ1) is 20.8. The average molecular weight is 700 g/mol. The number of carbonyl (C=O) groups is 1. The van der Waals surface area contributed by atoms with Crippen LogP contribution in [0.5, 0.6) is 5.75 Å². The topological polar surface area (TPSA) is 85.9 Å². The van der Waals surface area contributed by atoms with Crippen LogP contribution >= 0.6 is 40.5 Å². The summed E-state index contributed by atoms with van der Waals surface area (Å²) in [5.41, 5.74) is 4.93. The number of benzene rings is 2. The summed E-state index contributed by atoms with van der Waals surface area (Å²) < 4.78 is 24.7. The Balaban J connectivity index is 0.00000167. The molecule has 1 amide bonds. The van der Waals surface area contributed by atoms with E-state index in [1.807, 2.05) is 31.9 Å². The number of nitrogens with zero attached hydrogens (tertiary/aromatic N) is 2. The zero-order valence-electron chi connectivity index (χ0n) is 28.5. The molecule has 12 heteroatoms. The summed E-state index contributed by atoms with van der Waals surface area (Å²) in [7, 11) is -0.404. The minimum Gasteiger partial charge on any atom is -0.488 e. The van der Waals surface area contributed by atoms with Gasteiger partial charge in [0.1, 0.15) is 23.8 Å².